The van der Waals surface area contributed by atoms with Crippen LogP contribution >= 0.6 is 0 Å². The van der Waals surface area contributed by atoms with Crippen molar-refractivity contribution >= 4 is 10.8 Å². The number of aryl methyl sites for hydroxylation is 2. The molecule has 0 saturated heterocycles. The molecule has 4 rings (SSSR count). The van der Waals surface area contributed by atoms with Crippen LogP contribution in [0, 0.1) is 17.7 Å². The lowest BCUT2D eigenvalue weighted by Gasteiger charge is -2.05. The summed E-state index contributed by atoms with van der Waals surface area (Å²) >= 11 is 0. The predicted octanol–water partition coefficient (Wildman–Crippen LogP) is 7.73. The summed E-state index contributed by atoms with van der Waals surface area (Å²) < 4.78 is 14.5. The van der Waals surface area contributed by atoms with E-state index in [2.05, 4.69) is 54.8 Å². The van der Waals surface area contributed by atoms with Gasteiger partial charge in [-0.25, -0.2) is 4.39 Å². The Bertz CT molecular complexity index is 1270. The third-order valence-electron chi connectivity index (χ3n) is 5.58. The zero-order valence-corrected chi connectivity index (χ0v) is 17.8. The van der Waals surface area contributed by atoms with Crippen LogP contribution in [0.15, 0.2) is 91.5 Å². The standard InChI is InChI=1S/C30H25F/c1-3-5-6-22-9-14-26(15-10-22)27-16-11-23(12-17-27)7-8-24-13-20-29-28(21-24)19-18-25(4-2)30(29)31/h3,9-21H,1,4-6H2,2H3. The zero-order valence-electron chi connectivity index (χ0n) is 17.8. The topological polar surface area (TPSA) is 0 Å². The third kappa shape index (κ3) is 4.76. The van der Waals surface area contributed by atoms with E-state index >= 15 is 0 Å². The Balaban J connectivity index is 1.51. The second kappa shape index (κ2) is 9.45. The van der Waals surface area contributed by atoms with Crippen LogP contribution in [-0.2, 0) is 12.8 Å². The molecule has 0 amide bonds. The van der Waals surface area contributed by atoms with Crippen LogP contribution < -0.4 is 0 Å². The summed E-state index contributed by atoms with van der Waals surface area (Å²) in [7, 11) is 0. The van der Waals surface area contributed by atoms with Crippen LogP contribution in [0.4, 0.5) is 4.39 Å². The molecular formula is C30H25F. The molecule has 0 fully saturated rings. The highest BCUT2D eigenvalue weighted by Crippen LogP contribution is 2.23. The van der Waals surface area contributed by atoms with Crippen molar-refractivity contribution in [1.29, 1.82) is 0 Å². The van der Waals surface area contributed by atoms with Gasteiger partial charge in [0.25, 0.3) is 0 Å². The van der Waals surface area contributed by atoms with Crippen molar-refractivity contribution in [3.05, 3.63) is 120 Å². The SMILES string of the molecule is C=CCCc1ccc(-c2ccc(C#Cc3ccc4c(F)c(CC)ccc4c3)cc2)cc1. The van der Waals surface area contributed by atoms with Gasteiger partial charge in [0, 0.05) is 16.5 Å². The molecule has 0 heterocycles. The lowest BCUT2D eigenvalue weighted by Crippen LogP contribution is -1.89. The number of benzene rings is 4. The molecule has 0 bridgehead atoms. The van der Waals surface area contributed by atoms with E-state index in [1.54, 1.807) is 0 Å². The zero-order chi connectivity index (χ0) is 21.6. The van der Waals surface area contributed by atoms with E-state index in [4.69, 9.17) is 0 Å². The van der Waals surface area contributed by atoms with Gasteiger partial charge in [0.1, 0.15) is 5.82 Å². The molecule has 31 heavy (non-hydrogen) atoms. The molecule has 1 heteroatoms. The molecule has 0 N–H and O–H groups in total. The lowest BCUT2D eigenvalue weighted by atomic mass is 10.0. The van der Waals surface area contributed by atoms with Crippen LogP contribution in [0.5, 0.6) is 0 Å². The van der Waals surface area contributed by atoms with E-state index in [1.165, 1.54) is 16.7 Å². The number of rotatable bonds is 5. The van der Waals surface area contributed by atoms with E-state index in [9.17, 15) is 4.39 Å². The Morgan fingerprint density at radius 1 is 0.806 bits per heavy atom. The Hall–Kier alpha value is -3.63. The first-order valence-corrected chi connectivity index (χ1v) is 10.7. The highest BCUT2D eigenvalue weighted by atomic mass is 19.1. The van der Waals surface area contributed by atoms with Crippen molar-refractivity contribution in [1.82, 2.24) is 0 Å². The van der Waals surface area contributed by atoms with Crippen LogP contribution in [-0.4, -0.2) is 0 Å². The first-order valence-electron chi connectivity index (χ1n) is 10.7. The summed E-state index contributed by atoms with van der Waals surface area (Å²) in [6.07, 6.45) is 4.67. The number of hydrogen-bond acceptors (Lipinski definition) is 0. The van der Waals surface area contributed by atoms with Crippen molar-refractivity contribution in [2.45, 2.75) is 26.2 Å². The van der Waals surface area contributed by atoms with Gasteiger partial charge in [-0.05, 0) is 71.2 Å². The van der Waals surface area contributed by atoms with Gasteiger partial charge in [-0.1, -0.05) is 79.4 Å². The molecule has 0 aliphatic rings. The van der Waals surface area contributed by atoms with Gasteiger partial charge in [-0.2, -0.15) is 0 Å². The summed E-state index contributed by atoms with van der Waals surface area (Å²) in [6, 6.07) is 26.5. The maximum absolute atomic E-state index is 14.5. The van der Waals surface area contributed by atoms with Crippen molar-refractivity contribution < 1.29 is 4.39 Å². The van der Waals surface area contributed by atoms with Gasteiger partial charge in [0.2, 0.25) is 0 Å². The average Bonchev–Trinajstić information content (AvgIpc) is 2.82. The van der Waals surface area contributed by atoms with Gasteiger partial charge in [0.15, 0.2) is 0 Å². The highest BCUT2D eigenvalue weighted by molar-refractivity contribution is 5.85. The minimum atomic E-state index is -0.121. The summed E-state index contributed by atoms with van der Waals surface area (Å²) in [5.41, 5.74) is 6.29. The van der Waals surface area contributed by atoms with Gasteiger partial charge < -0.3 is 0 Å². The maximum Gasteiger partial charge on any atom is 0.134 e. The van der Waals surface area contributed by atoms with E-state index in [-0.39, 0.29) is 5.82 Å². The molecule has 0 radical (unpaired) electrons. The predicted molar refractivity (Wildman–Crippen MR) is 130 cm³/mol. The molecule has 4 aromatic rings. The molecule has 0 aromatic heterocycles. The van der Waals surface area contributed by atoms with Gasteiger partial charge >= 0.3 is 0 Å². The minimum Gasteiger partial charge on any atom is -0.206 e. The smallest absolute Gasteiger partial charge is 0.134 e. The summed E-state index contributed by atoms with van der Waals surface area (Å²) in [4.78, 5) is 0. The molecule has 0 saturated carbocycles. The molecule has 0 aliphatic carbocycles. The Kier molecular flexibility index (Phi) is 6.29. The van der Waals surface area contributed by atoms with Gasteiger partial charge in [0.05, 0.1) is 0 Å². The summed E-state index contributed by atoms with van der Waals surface area (Å²) in [5.74, 6) is 6.31. The van der Waals surface area contributed by atoms with Crippen molar-refractivity contribution in [3.8, 4) is 23.0 Å². The molecule has 0 unspecified atom stereocenters. The molecule has 0 atom stereocenters. The quantitative estimate of drug-likeness (QED) is 0.236. The summed E-state index contributed by atoms with van der Waals surface area (Å²) in [5, 5.41) is 1.54. The molecular weight excluding hydrogens is 379 g/mol. The second-order valence-corrected chi connectivity index (χ2v) is 7.68. The van der Waals surface area contributed by atoms with E-state index in [1.807, 2.05) is 55.5 Å². The molecule has 0 aliphatic heterocycles. The van der Waals surface area contributed by atoms with Gasteiger partial charge in [-0.3, -0.25) is 0 Å². The first-order chi connectivity index (χ1) is 15.2. The molecule has 4 aromatic carbocycles. The molecule has 0 spiro atoms. The Labute approximate surface area is 184 Å². The first kappa shape index (κ1) is 20.6. The molecule has 0 nitrogen and oxygen atoms in total. The largest absolute Gasteiger partial charge is 0.206 e. The summed E-state index contributed by atoms with van der Waals surface area (Å²) in [6.45, 7) is 5.75. The fraction of sp³-hybridized carbons (Fsp3) is 0.133. The third-order valence-corrected chi connectivity index (χ3v) is 5.58. The number of allylic oxidation sites excluding steroid dienone is 1. The van der Waals surface area contributed by atoms with Crippen LogP contribution in [0.1, 0.15) is 35.6 Å². The average molecular weight is 405 g/mol. The van der Waals surface area contributed by atoms with Crippen molar-refractivity contribution in [3.63, 3.8) is 0 Å². The number of fused-ring (bicyclic) bond motifs is 1. The highest BCUT2D eigenvalue weighted by Gasteiger charge is 2.06. The molecule has 152 valence electrons. The fourth-order valence-corrected chi connectivity index (χ4v) is 3.71. The maximum atomic E-state index is 14.5. The Morgan fingerprint density at radius 2 is 1.45 bits per heavy atom. The number of halogens is 1. The van der Waals surface area contributed by atoms with Crippen LogP contribution in [0.25, 0.3) is 21.9 Å². The number of hydrogen-bond donors (Lipinski definition) is 0. The van der Waals surface area contributed by atoms with E-state index < -0.39 is 0 Å². The Morgan fingerprint density at radius 3 is 2.13 bits per heavy atom. The van der Waals surface area contributed by atoms with E-state index in [0.717, 1.165) is 34.9 Å². The van der Waals surface area contributed by atoms with Crippen molar-refractivity contribution in [2.24, 2.45) is 0 Å². The van der Waals surface area contributed by atoms with Gasteiger partial charge in [-0.15, -0.1) is 6.58 Å². The minimum absolute atomic E-state index is 0.121. The van der Waals surface area contributed by atoms with Crippen LogP contribution in [0.2, 0.25) is 0 Å². The van der Waals surface area contributed by atoms with Crippen LogP contribution in [0.3, 0.4) is 0 Å². The second-order valence-electron chi connectivity index (χ2n) is 7.68. The normalized spacial score (nSPS) is 10.5. The monoisotopic (exact) mass is 404 g/mol. The van der Waals surface area contributed by atoms with E-state index in [0.29, 0.717) is 11.8 Å². The fourth-order valence-electron chi connectivity index (χ4n) is 3.71. The lowest BCUT2D eigenvalue weighted by molar-refractivity contribution is 0.624. The van der Waals surface area contributed by atoms with Crippen molar-refractivity contribution in [2.75, 3.05) is 0 Å².